The monoisotopic (exact) mass is 346 g/mol. The van der Waals surface area contributed by atoms with Crippen LogP contribution in [-0.2, 0) is 0 Å². The largest absolute Gasteiger partial charge is 0.490 e. The Morgan fingerprint density at radius 1 is 0.958 bits per heavy atom. The van der Waals surface area contributed by atoms with Gasteiger partial charge in [0.1, 0.15) is 12.4 Å². The van der Waals surface area contributed by atoms with Crippen LogP contribution in [0.5, 0.6) is 5.75 Å². The second-order valence-corrected chi connectivity index (χ2v) is 6.42. The summed E-state index contributed by atoms with van der Waals surface area (Å²) in [6.45, 7) is 0.130. The number of aliphatic hydroxyl groups is 1. The van der Waals surface area contributed by atoms with Crippen LogP contribution in [0.25, 0.3) is 10.8 Å². The number of rotatable bonds is 6. The molecule has 0 radical (unpaired) electrons. The fourth-order valence-corrected chi connectivity index (χ4v) is 3.15. The van der Waals surface area contributed by atoms with Crippen molar-refractivity contribution in [3.05, 3.63) is 72.3 Å². The summed E-state index contributed by atoms with van der Waals surface area (Å²) in [5.41, 5.74) is 0. The molecule has 0 fully saturated rings. The molecule has 0 aliphatic carbocycles. The van der Waals surface area contributed by atoms with E-state index >= 15 is 0 Å². The van der Waals surface area contributed by atoms with Gasteiger partial charge < -0.3 is 9.84 Å². The van der Waals surface area contributed by atoms with E-state index in [0.29, 0.717) is 16.4 Å². The van der Waals surface area contributed by atoms with Gasteiger partial charge in [0, 0.05) is 16.0 Å². The summed E-state index contributed by atoms with van der Waals surface area (Å²) in [6, 6.07) is 17.3. The molecule has 0 heterocycles. The van der Waals surface area contributed by atoms with Crippen LogP contribution in [-0.4, -0.2) is 23.6 Å². The summed E-state index contributed by atoms with van der Waals surface area (Å²) in [7, 11) is 0. The fourth-order valence-electron chi connectivity index (χ4n) is 2.31. The number of aliphatic hydroxyl groups excluding tert-OH is 1. The van der Waals surface area contributed by atoms with Crippen LogP contribution < -0.4 is 4.74 Å². The Balaban J connectivity index is 1.57. The minimum absolute atomic E-state index is 0.130. The van der Waals surface area contributed by atoms with Gasteiger partial charge in [-0.3, -0.25) is 0 Å². The molecule has 0 saturated heterocycles. The molecule has 0 aliphatic rings. The van der Waals surface area contributed by atoms with E-state index in [-0.39, 0.29) is 6.61 Å². The van der Waals surface area contributed by atoms with E-state index in [1.165, 1.54) is 17.8 Å². The van der Waals surface area contributed by atoms with Crippen molar-refractivity contribution in [2.75, 3.05) is 12.4 Å². The summed E-state index contributed by atoms with van der Waals surface area (Å²) in [5, 5.41) is 12.1. The van der Waals surface area contributed by atoms with Gasteiger partial charge in [-0.1, -0.05) is 36.4 Å². The Morgan fingerprint density at radius 3 is 2.58 bits per heavy atom. The SMILES string of the molecule is O[C@H](COc1cccc2ccccc12)CSc1ccc(F)c(F)c1. The third kappa shape index (κ3) is 4.04. The highest BCUT2D eigenvalue weighted by molar-refractivity contribution is 7.99. The first-order valence-corrected chi connectivity index (χ1v) is 8.48. The smallest absolute Gasteiger partial charge is 0.159 e. The molecular weight excluding hydrogens is 330 g/mol. The van der Waals surface area contributed by atoms with Gasteiger partial charge in [0.25, 0.3) is 0 Å². The van der Waals surface area contributed by atoms with Crippen LogP contribution in [0.2, 0.25) is 0 Å². The normalized spacial score (nSPS) is 12.3. The van der Waals surface area contributed by atoms with Crippen molar-refractivity contribution in [3.63, 3.8) is 0 Å². The lowest BCUT2D eigenvalue weighted by molar-refractivity contribution is 0.127. The number of ether oxygens (including phenoxy) is 1. The summed E-state index contributed by atoms with van der Waals surface area (Å²) in [5.74, 6) is -0.721. The molecule has 3 aromatic carbocycles. The van der Waals surface area contributed by atoms with E-state index < -0.39 is 17.7 Å². The van der Waals surface area contributed by atoms with Crippen LogP contribution in [0.3, 0.4) is 0 Å². The Labute approximate surface area is 143 Å². The molecule has 0 bridgehead atoms. The van der Waals surface area contributed by atoms with Crippen molar-refractivity contribution in [1.29, 1.82) is 0 Å². The minimum atomic E-state index is -0.888. The first kappa shape index (κ1) is 16.7. The number of fused-ring (bicyclic) bond motifs is 1. The zero-order valence-corrected chi connectivity index (χ0v) is 13.6. The second kappa shape index (κ2) is 7.64. The van der Waals surface area contributed by atoms with Crippen molar-refractivity contribution in [2.24, 2.45) is 0 Å². The number of hydrogen-bond donors (Lipinski definition) is 1. The van der Waals surface area contributed by atoms with E-state index in [1.807, 2.05) is 42.5 Å². The van der Waals surface area contributed by atoms with Crippen molar-refractivity contribution in [1.82, 2.24) is 0 Å². The minimum Gasteiger partial charge on any atom is -0.490 e. The molecule has 1 atom stereocenters. The quantitative estimate of drug-likeness (QED) is 0.659. The Bertz CT molecular complexity index is 833. The molecule has 5 heteroatoms. The lowest BCUT2D eigenvalue weighted by Gasteiger charge is -2.13. The summed E-state index contributed by atoms with van der Waals surface area (Å²) < 4.78 is 31.7. The third-order valence-electron chi connectivity index (χ3n) is 3.51. The van der Waals surface area contributed by atoms with Gasteiger partial charge in [-0.15, -0.1) is 11.8 Å². The molecule has 24 heavy (non-hydrogen) atoms. The Kier molecular flexibility index (Phi) is 5.33. The van der Waals surface area contributed by atoms with Crippen molar-refractivity contribution in [2.45, 2.75) is 11.0 Å². The van der Waals surface area contributed by atoms with Gasteiger partial charge in [0.15, 0.2) is 11.6 Å². The van der Waals surface area contributed by atoms with E-state index in [2.05, 4.69) is 0 Å². The topological polar surface area (TPSA) is 29.5 Å². The molecule has 0 unspecified atom stereocenters. The Morgan fingerprint density at radius 2 is 1.75 bits per heavy atom. The first-order chi connectivity index (χ1) is 11.6. The summed E-state index contributed by atoms with van der Waals surface area (Å²) in [6.07, 6.45) is -0.720. The average Bonchev–Trinajstić information content (AvgIpc) is 2.61. The predicted octanol–water partition coefficient (Wildman–Crippen LogP) is 4.65. The number of thioether (sulfide) groups is 1. The zero-order chi connectivity index (χ0) is 16.9. The van der Waals surface area contributed by atoms with Gasteiger partial charge >= 0.3 is 0 Å². The molecule has 3 rings (SSSR count). The molecule has 0 aromatic heterocycles. The molecule has 0 amide bonds. The molecule has 1 N–H and O–H groups in total. The molecule has 124 valence electrons. The Hall–Kier alpha value is -2.11. The maximum Gasteiger partial charge on any atom is 0.159 e. The van der Waals surface area contributed by atoms with E-state index in [1.54, 1.807) is 0 Å². The van der Waals surface area contributed by atoms with Gasteiger partial charge in [0.2, 0.25) is 0 Å². The molecule has 0 spiro atoms. The van der Waals surface area contributed by atoms with Crippen LogP contribution >= 0.6 is 11.8 Å². The van der Waals surface area contributed by atoms with Crippen LogP contribution in [0.1, 0.15) is 0 Å². The first-order valence-electron chi connectivity index (χ1n) is 7.50. The molecular formula is C19H16F2O2S. The number of halogens is 2. The molecule has 0 aliphatic heterocycles. The lowest BCUT2D eigenvalue weighted by Crippen LogP contribution is -2.20. The third-order valence-corrected chi connectivity index (χ3v) is 4.65. The van der Waals surface area contributed by atoms with E-state index in [0.717, 1.165) is 22.9 Å². The highest BCUT2D eigenvalue weighted by Crippen LogP contribution is 2.26. The second-order valence-electron chi connectivity index (χ2n) is 5.33. The van der Waals surface area contributed by atoms with Crippen LogP contribution in [0.15, 0.2) is 65.6 Å². The van der Waals surface area contributed by atoms with Crippen molar-refractivity contribution in [3.8, 4) is 5.75 Å². The summed E-state index contributed by atoms with van der Waals surface area (Å²) >= 11 is 1.25. The van der Waals surface area contributed by atoms with E-state index in [4.69, 9.17) is 4.74 Å². The zero-order valence-electron chi connectivity index (χ0n) is 12.8. The lowest BCUT2D eigenvalue weighted by atomic mass is 10.1. The van der Waals surface area contributed by atoms with Crippen molar-refractivity contribution < 1.29 is 18.6 Å². The molecule has 2 nitrogen and oxygen atoms in total. The maximum atomic E-state index is 13.1. The maximum absolute atomic E-state index is 13.1. The van der Waals surface area contributed by atoms with Gasteiger partial charge in [0.05, 0.1) is 6.10 Å². The number of benzene rings is 3. The highest BCUT2D eigenvalue weighted by Gasteiger charge is 2.09. The van der Waals surface area contributed by atoms with Gasteiger partial charge in [-0.25, -0.2) is 8.78 Å². The molecule has 0 saturated carbocycles. The van der Waals surface area contributed by atoms with Crippen LogP contribution in [0, 0.1) is 11.6 Å². The predicted molar refractivity (Wildman–Crippen MR) is 92.5 cm³/mol. The number of hydrogen-bond acceptors (Lipinski definition) is 3. The molecule has 3 aromatic rings. The highest BCUT2D eigenvalue weighted by atomic mass is 32.2. The van der Waals surface area contributed by atoms with Gasteiger partial charge in [-0.2, -0.15) is 0 Å². The van der Waals surface area contributed by atoms with E-state index in [9.17, 15) is 13.9 Å². The van der Waals surface area contributed by atoms with Gasteiger partial charge in [-0.05, 0) is 29.7 Å². The van der Waals surface area contributed by atoms with Crippen LogP contribution in [0.4, 0.5) is 8.78 Å². The summed E-state index contributed by atoms with van der Waals surface area (Å²) in [4.78, 5) is 0.568. The average molecular weight is 346 g/mol. The fraction of sp³-hybridized carbons (Fsp3) is 0.158. The van der Waals surface area contributed by atoms with Crippen molar-refractivity contribution >= 4 is 22.5 Å². The standard InChI is InChI=1S/C19H16F2O2S/c20-17-9-8-15(10-18(17)21)24-12-14(22)11-23-19-7-3-5-13-4-1-2-6-16(13)19/h1-10,14,22H,11-12H2/t14-/m1/s1.